The number of benzene rings is 1. The molecule has 1 aliphatic heterocycles. The number of ether oxygens (including phenoxy) is 2. The van der Waals surface area contributed by atoms with Crippen molar-refractivity contribution in [3.63, 3.8) is 0 Å². The van der Waals surface area contributed by atoms with Crippen molar-refractivity contribution in [1.29, 1.82) is 0 Å². The van der Waals surface area contributed by atoms with Crippen molar-refractivity contribution in [1.82, 2.24) is 9.80 Å². The molecule has 5 nitrogen and oxygen atoms in total. The average molecular weight is 277 g/mol. The number of hydrogen-bond donors (Lipinski definition) is 0. The zero-order valence-corrected chi connectivity index (χ0v) is 12.3. The fourth-order valence-corrected chi connectivity index (χ4v) is 2.41. The van der Waals surface area contributed by atoms with Gasteiger partial charge in [-0.05, 0) is 19.1 Å². The fourth-order valence-electron chi connectivity index (χ4n) is 2.41. The molecule has 1 fully saturated rings. The van der Waals surface area contributed by atoms with Gasteiger partial charge in [0.15, 0.2) is 11.5 Å². The summed E-state index contributed by atoms with van der Waals surface area (Å²) in [6.45, 7) is 7.27. The lowest BCUT2D eigenvalue weighted by molar-refractivity contribution is 0.0662. The average Bonchev–Trinajstić information content (AvgIpc) is 2.53. The first-order valence-corrected chi connectivity index (χ1v) is 6.75. The Morgan fingerprint density at radius 2 is 1.85 bits per heavy atom. The van der Waals surface area contributed by atoms with E-state index in [-0.39, 0.29) is 5.91 Å². The first-order chi connectivity index (χ1) is 9.71. The van der Waals surface area contributed by atoms with E-state index in [1.54, 1.807) is 26.4 Å². The van der Waals surface area contributed by atoms with E-state index in [1.165, 1.54) is 0 Å². The highest BCUT2D eigenvalue weighted by molar-refractivity contribution is 5.97. The molecule has 1 amide bonds. The van der Waals surface area contributed by atoms with E-state index < -0.39 is 0 Å². The van der Waals surface area contributed by atoms with Gasteiger partial charge in [0.2, 0.25) is 0 Å². The highest BCUT2D eigenvalue weighted by Crippen LogP contribution is 2.31. The lowest BCUT2D eigenvalue weighted by Gasteiger charge is -2.34. The van der Waals surface area contributed by atoms with Gasteiger partial charge in [-0.2, -0.15) is 0 Å². The quantitative estimate of drug-likeness (QED) is 0.839. The van der Waals surface area contributed by atoms with Crippen LogP contribution in [-0.4, -0.2) is 56.1 Å². The summed E-state index contributed by atoms with van der Waals surface area (Å²) in [4.78, 5) is 16.7. The van der Waals surface area contributed by atoms with Crippen molar-refractivity contribution < 1.29 is 14.3 Å². The van der Waals surface area contributed by atoms with Crippen LogP contribution in [0.1, 0.15) is 17.3 Å². The third-order valence-corrected chi connectivity index (χ3v) is 3.60. The SMILES string of the molecule is C[CH]N1CCN(C(=O)c2cccc(OC)c2OC)CC1. The third-order valence-electron chi connectivity index (χ3n) is 3.60. The molecule has 2 rings (SSSR count). The predicted octanol–water partition coefficient (Wildman–Crippen LogP) is 1.64. The van der Waals surface area contributed by atoms with Crippen molar-refractivity contribution >= 4 is 5.91 Å². The molecule has 1 heterocycles. The van der Waals surface area contributed by atoms with Crippen LogP contribution in [0.4, 0.5) is 0 Å². The van der Waals surface area contributed by atoms with Crippen molar-refractivity contribution in [2.24, 2.45) is 0 Å². The lowest BCUT2D eigenvalue weighted by Crippen LogP contribution is -2.47. The van der Waals surface area contributed by atoms with E-state index in [2.05, 4.69) is 11.4 Å². The number of carbonyl (C=O) groups excluding carboxylic acids is 1. The molecular formula is C15H21N2O3. The summed E-state index contributed by atoms with van der Waals surface area (Å²) in [7, 11) is 3.13. The topological polar surface area (TPSA) is 42.0 Å². The van der Waals surface area contributed by atoms with Crippen LogP contribution < -0.4 is 9.47 Å². The Morgan fingerprint density at radius 3 is 2.40 bits per heavy atom. The van der Waals surface area contributed by atoms with Crippen LogP contribution in [0, 0.1) is 6.54 Å². The molecule has 1 radical (unpaired) electrons. The second-order valence-electron chi connectivity index (χ2n) is 4.63. The van der Waals surface area contributed by atoms with Crippen LogP contribution in [0.2, 0.25) is 0 Å². The zero-order valence-electron chi connectivity index (χ0n) is 12.3. The number of hydrogen-bond acceptors (Lipinski definition) is 4. The Hall–Kier alpha value is -1.75. The largest absolute Gasteiger partial charge is 0.493 e. The molecule has 0 N–H and O–H groups in total. The Morgan fingerprint density at radius 1 is 1.15 bits per heavy atom. The summed E-state index contributed by atoms with van der Waals surface area (Å²) in [6, 6.07) is 5.38. The molecule has 0 aliphatic carbocycles. The molecule has 1 saturated heterocycles. The van der Waals surface area contributed by atoms with Crippen molar-refractivity contribution in [3.8, 4) is 11.5 Å². The normalized spacial score (nSPS) is 16.1. The van der Waals surface area contributed by atoms with E-state index in [9.17, 15) is 4.79 Å². The van der Waals surface area contributed by atoms with Gasteiger partial charge < -0.3 is 14.4 Å². The molecular weight excluding hydrogens is 256 g/mol. The molecule has 1 aromatic carbocycles. The summed E-state index contributed by atoms with van der Waals surface area (Å²) in [5.41, 5.74) is 0.556. The van der Waals surface area contributed by atoms with Crippen molar-refractivity contribution in [2.75, 3.05) is 40.4 Å². The minimum absolute atomic E-state index is 0.00324. The number of amides is 1. The van der Waals surface area contributed by atoms with Gasteiger partial charge >= 0.3 is 0 Å². The second kappa shape index (κ2) is 6.61. The van der Waals surface area contributed by atoms with Gasteiger partial charge in [0.1, 0.15) is 0 Å². The Labute approximate surface area is 120 Å². The maximum absolute atomic E-state index is 12.6. The second-order valence-corrected chi connectivity index (χ2v) is 4.63. The van der Waals surface area contributed by atoms with Crippen LogP contribution in [0.15, 0.2) is 18.2 Å². The van der Waals surface area contributed by atoms with Crippen LogP contribution in [0.5, 0.6) is 11.5 Å². The van der Waals surface area contributed by atoms with Gasteiger partial charge in [0.25, 0.3) is 5.91 Å². The number of para-hydroxylation sites is 1. The van der Waals surface area contributed by atoms with Crippen molar-refractivity contribution in [3.05, 3.63) is 30.3 Å². The first kappa shape index (κ1) is 14.7. The van der Waals surface area contributed by atoms with E-state index in [1.807, 2.05) is 17.9 Å². The van der Waals surface area contributed by atoms with Crippen molar-refractivity contribution in [2.45, 2.75) is 6.92 Å². The van der Waals surface area contributed by atoms with Crippen LogP contribution in [-0.2, 0) is 0 Å². The number of rotatable bonds is 4. The highest BCUT2D eigenvalue weighted by atomic mass is 16.5. The van der Waals surface area contributed by atoms with E-state index in [0.29, 0.717) is 17.1 Å². The van der Waals surface area contributed by atoms with Gasteiger partial charge in [0.05, 0.1) is 19.8 Å². The lowest BCUT2D eigenvalue weighted by atomic mass is 10.1. The molecule has 0 atom stereocenters. The highest BCUT2D eigenvalue weighted by Gasteiger charge is 2.25. The Balaban J connectivity index is 2.17. The Bertz CT molecular complexity index is 468. The van der Waals surface area contributed by atoms with E-state index >= 15 is 0 Å². The number of piperazine rings is 1. The van der Waals surface area contributed by atoms with Gasteiger partial charge in [-0.1, -0.05) is 6.07 Å². The fraction of sp³-hybridized carbons (Fsp3) is 0.467. The van der Waals surface area contributed by atoms with Crippen LogP contribution in [0.25, 0.3) is 0 Å². The predicted molar refractivity (Wildman–Crippen MR) is 77.0 cm³/mol. The molecule has 0 saturated carbocycles. The minimum atomic E-state index is -0.00324. The monoisotopic (exact) mass is 277 g/mol. The number of nitrogens with zero attached hydrogens (tertiary/aromatic N) is 2. The van der Waals surface area contributed by atoms with E-state index in [4.69, 9.17) is 9.47 Å². The molecule has 0 spiro atoms. The summed E-state index contributed by atoms with van der Waals surface area (Å²) in [6.07, 6.45) is 0. The molecule has 0 bridgehead atoms. The molecule has 1 aromatic rings. The van der Waals surface area contributed by atoms with Crippen LogP contribution in [0.3, 0.4) is 0 Å². The zero-order chi connectivity index (χ0) is 14.5. The summed E-state index contributed by atoms with van der Waals surface area (Å²) < 4.78 is 10.6. The van der Waals surface area contributed by atoms with Crippen LogP contribution >= 0.6 is 0 Å². The number of methoxy groups -OCH3 is 2. The maximum atomic E-state index is 12.6. The molecule has 0 aromatic heterocycles. The van der Waals surface area contributed by atoms with E-state index in [0.717, 1.165) is 26.2 Å². The minimum Gasteiger partial charge on any atom is -0.493 e. The standard InChI is InChI=1S/C15H21N2O3/c1-4-16-8-10-17(11-9-16)15(18)12-6-5-7-13(19-2)14(12)20-3/h4-7H,8-11H2,1-3H3. The summed E-state index contributed by atoms with van der Waals surface area (Å²) in [5.74, 6) is 1.08. The molecule has 20 heavy (non-hydrogen) atoms. The number of carbonyl (C=O) groups is 1. The summed E-state index contributed by atoms with van der Waals surface area (Å²) >= 11 is 0. The molecule has 109 valence electrons. The van der Waals surface area contributed by atoms with Gasteiger partial charge in [-0.3, -0.25) is 9.69 Å². The first-order valence-electron chi connectivity index (χ1n) is 6.75. The van der Waals surface area contributed by atoms with Gasteiger partial charge in [-0.15, -0.1) is 0 Å². The Kier molecular flexibility index (Phi) is 4.84. The van der Waals surface area contributed by atoms with Gasteiger partial charge in [0, 0.05) is 32.7 Å². The third kappa shape index (κ3) is 2.88. The molecule has 1 aliphatic rings. The summed E-state index contributed by atoms with van der Waals surface area (Å²) in [5, 5.41) is 0. The molecule has 0 unspecified atom stereocenters. The smallest absolute Gasteiger partial charge is 0.257 e. The maximum Gasteiger partial charge on any atom is 0.257 e. The molecule has 5 heteroatoms. The van der Waals surface area contributed by atoms with Gasteiger partial charge in [-0.25, -0.2) is 0 Å².